The van der Waals surface area contributed by atoms with Crippen LogP contribution in [0.4, 0.5) is 5.69 Å². The third-order valence-corrected chi connectivity index (χ3v) is 7.07. The zero-order valence-electron chi connectivity index (χ0n) is 17.4. The van der Waals surface area contributed by atoms with Gasteiger partial charge in [0.15, 0.2) is 0 Å². The van der Waals surface area contributed by atoms with Crippen LogP contribution < -0.4 is 4.31 Å². The van der Waals surface area contributed by atoms with Crippen LogP contribution in [0.1, 0.15) is 28.4 Å². The average molecular weight is 430 g/mol. The highest BCUT2D eigenvalue weighted by Crippen LogP contribution is 2.29. The molecule has 1 amide bonds. The van der Waals surface area contributed by atoms with Gasteiger partial charge >= 0.3 is 0 Å². The lowest BCUT2D eigenvalue weighted by Crippen LogP contribution is -2.37. The van der Waals surface area contributed by atoms with Crippen molar-refractivity contribution in [3.05, 3.63) is 108 Å². The fraction of sp³-hybridized carbons (Fsp3) is 0.115. The molecule has 0 heterocycles. The number of carbonyl (C=O) groups is 1. The molecule has 0 radical (unpaired) electrons. The van der Waals surface area contributed by atoms with Crippen molar-refractivity contribution in [3.63, 3.8) is 0 Å². The predicted octanol–water partition coefficient (Wildman–Crippen LogP) is 5.75. The van der Waals surface area contributed by atoms with Gasteiger partial charge in [0.2, 0.25) is 0 Å². The third-order valence-electron chi connectivity index (χ3n) is 5.34. The van der Waals surface area contributed by atoms with Crippen LogP contribution in [0, 0.1) is 6.92 Å². The first-order valence-electron chi connectivity index (χ1n) is 10.1. The van der Waals surface area contributed by atoms with E-state index in [1.165, 1.54) is 12.1 Å². The van der Waals surface area contributed by atoms with E-state index in [1.54, 1.807) is 36.4 Å². The van der Waals surface area contributed by atoms with E-state index in [4.69, 9.17) is 0 Å². The molecule has 0 aliphatic rings. The maximum atomic E-state index is 13.7. The standard InChI is InChI=1S/C26H23NO3S/c1-3-20-13-15-22(16-14-20)27(31(29,30)23-17-11-19(2)12-18-23)26(28)25-10-6-8-21-7-4-5-9-24(21)25/h4-18H,3H2,1-2H3. The minimum absolute atomic E-state index is 0.0752. The maximum Gasteiger partial charge on any atom is 0.272 e. The van der Waals surface area contributed by atoms with Crippen LogP contribution in [-0.4, -0.2) is 14.3 Å². The number of hydrogen-bond donors (Lipinski definition) is 0. The van der Waals surface area contributed by atoms with Gasteiger partial charge in [0.05, 0.1) is 10.6 Å². The Morgan fingerprint density at radius 3 is 2.13 bits per heavy atom. The van der Waals surface area contributed by atoms with Crippen LogP contribution in [0.25, 0.3) is 10.8 Å². The van der Waals surface area contributed by atoms with E-state index >= 15 is 0 Å². The molecular weight excluding hydrogens is 406 g/mol. The molecule has 31 heavy (non-hydrogen) atoms. The molecule has 0 bridgehead atoms. The number of anilines is 1. The van der Waals surface area contributed by atoms with Gasteiger partial charge in [0, 0.05) is 5.56 Å². The molecule has 0 N–H and O–H groups in total. The van der Waals surface area contributed by atoms with Crippen LogP contribution in [-0.2, 0) is 16.4 Å². The number of amides is 1. The second kappa shape index (κ2) is 8.36. The smallest absolute Gasteiger partial charge is 0.268 e. The van der Waals surface area contributed by atoms with Gasteiger partial charge in [-0.2, -0.15) is 4.31 Å². The minimum atomic E-state index is -4.12. The molecule has 4 aromatic carbocycles. The first-order chi connectivity index (χ1) is 14.9. The molecule has 4 nitrogen and oxygen atoms in total. The van der Waals surface area contributed by atoms with E-state index in [-0.39, 0.29) is 4.90 Å². The predicted molar refractivity (Wildman–Crippen MR) is 125 cm³/mol. The zero-order chi connectivity index (χ0) is 22.0. The molecule has 0 unspecified atom stereocenters. The molecule has 0 aliphatic carbocycles. The summed E-state index contributed by atoms with van der Waals surface area (Å²) in [6.45, 7) is 3.91. The zero-order valence-corrected chi connectivity index (χ0v) is 18.3. The van der Waals surface area contributed by atoms with E-state index in [9.17, 15) is 13.2 Å². The van der Waals surface area contributed by atoms with Crippen molar-refractivity contribution in [1.82, 2.24) is 0 Å². The van der Waals surface area contributed by atoms with Gasteiger partial charge in [0.25, 0.3) is 15.9 Å². The fourth-order valence-electron chi connectivity index (χ4n) is 3.57. The number of aryl methyl sites for hydroxylation is 2. The van der Waals surface area contributed by atoms with Gasteiger partial charge in [-0.05, 0) is 60.0 Å². The summed E-state index contributed by atoms with van der Waals surface area (Å²) < 4.78 is 28.2. The number of nitrogens with zero attached hydrogens (tertiary/aromatic N) is 1. The van der Waals surface area contributed by atoms with E-state index in [0.29, 0.717) is 16.6 Å². The van der Waals surface area contributed by atoms with Crippen molar-refractivity contribution >= 4 is 32.4 Å². The largest absolute Gasteiger partial charge is 0.272 e. The molecular formula is C26H23NO3S. The Kier molecular flexibility index (Phi) is 5.61. The summed E-state index contributed by atoms with van der Waals surface area (Å²) in [7, 11) is -4.12. The highest BCUT2D eigenvalue weighted by molar-refractivity contribution is 7.93. The normalized spacial score (nSPS) is 11.4. The third kappa shape index (κ3) is 3.97. The van der Waals surface area contributed by atoms with Crippen LogP contribution in [0.15, 0.2) is 95.9 Å². The summed E-state index contributed by atoms with van der Waals surface area (Å²) in [6, 6.07) is 26.4. The van der Waals surface area contributed by atoms with Gasteiger partial charge in [-0.3, -0.25) is 4.79 Å². The Balaban J connectivity index is 1.91. The molecule has 0 atom stereocenters. The molecule has 5 heteroatoms. The summed E-state index contributed by atoms with van der Waals surface area (Å²) in [5, 5.41) is 1.59. The van der Waals surface area contributed by atoms with Crippen molar-refractivity contribution in [3.8, 4) is 0 Å². The van der Waals surface area contributed by atoms with Crippen LogP contribution in [0.3, 0.4) is 0 Å². The van der Waals surface area contributed by atoms with Gasteiger partial charge in [-0.15, -0.1) is 0 Å². The lowest BCUT2D eigenvalue weighted by atomic mass is 10.0. The summed E-state index contributed by atoms with van der Waals surface area (Å²) in [5.41, 5.74) is 2.66. The summed E-state index contributed by atoms with van der Waals surface area (Å²) in [6.07, 6.45) is 0.822. The monoisotopic (exact) mass is 429 g/mol. The van der Waals surface area contributed by atoms with Crippen molar-refractivity contribution in [2.45, 2.75) is 25.2 Å². The lowest BCUT2D eigenvalue weighted by molar-refractivity contribution is 0.101. The Bertz CT molecular complexity index is 1340. The SMILES string of the molecule is CCc1ccc(N(C(=O)c2cccc3ccccc23)S(=O)(=O)c2ccc(C)cc2)cc1. The second-order valence-corrected chi connectivity index (χ2v) is 9.22. The molecule has 4 aromatic rings. The van der Waals surface area contributed by atoms with Gasteiger partial charge in [-0.25, -0.2) is 8.42 Å². The number of rotatable bonds is 5. The van der Waals surface area contributed by atoms with E-state index in [1.807, 2.05) is 56.3 Å². The van der Waals surface area contributed by atoms with Gasteiger partial charge < -0.3 is 0 Å². The number of sulfonamides is 1. The first kappa shape index (κ1) is 20.8. The molecule has 0 spiro atoms. The van der Waals surface area contributed by atoms with Crippen LogP contribution in [0.5, 0.6) is 0 Å². The topological polar surface area (TPSA) is 54.5 Å². The van der Waals surface area contributed by atoms with Crippen molar-refractivity contribution in [2.24, 2.45) is 0 Å². The molecule has 0 saturated heterocycles. The lowest BCUT2D eigenvalue weighted by Gasteiger charge is -2.24. The van der Waals surface area contributed by atoms with Crippen molar-refractivity contribution in [2.75, 3.05) is 4.31 Å². The van der Waals surface area contributed by atoms with Crippen molar-refractivity contribution < 1.29 is 13.2 Å². The molecule has 0 saturated carbocycles. The van der Waals surface area contributed by atoms with E-state index < -0.39 is 15.9 Å². The van der Waals surface area contributed by atoms with Gasteiger partial charge in [-0.1, -0.05) is 73.2 Å². The fourth-order valence-corrected chi connectivity index (χ4v) is 4.98. The molecule has 4 rings (SSSR count). The maximum absolute atomic E-state index is 13.7. The number of hydrogen-bond acceptors (Lipinski definition) is 3. The highest BCUT2D eigenvalue weighted by atomic mass is 32.2. The molecule has 0 fully saturated rings. The molecule has 0 aromatic heterocycles. The van der Waals surface area contributed by atoms with Crippen LogP contribution in [0.2, 0.25) is 0 Å². The first-order valence-corrected chi connectivity index (χ1v) is 11.6. The van der Waals surface area contributed by atoms with Crippen molar-refractivity contribution in [1.29, 1.82) is 0 Å². The Morgan fingerprint density at radius 2 is 1.45 bits per heavy atom. The van der Waals surface area contributed by atoms with E-state index in [0.717, 1.165) is 27.2 Å². The minimum Gasteiger partial charge on any atom is -0.268 e. The summed E-state index contributed by atoms with van der Waals surface area (Å²) in [5.74, 6) is -0.582. The van der Waals surface area contributed by atoms with Gasteiger partial charge in [0.1, 0.15) is 0 Å². The molecule has 156 valence electrons. The second-order valence-electron chi connectivity index (χ2n) is 7.43. The highest BCUT2D eigenvalue weighted by Gasteiger charge is 2.32. The summed E-state index contributed by atoms with van der Waals surface area (Å²) >= 11 is 0. The number of carbonyl (C=O) groups excluding carboxylic acids is 1. The van der Waals surface area contributed by atoms with E-state index in [2.05, 4.69) is 0 Å². The number of benzene rings is 4. The van der Waals surface area contributed by atoms with Crippen LogP contribution >= 0.6 is 0 Å². The quantitative estimate of drug-likeness (QED) is 0.406. The Labute approximate surface area is 182 Å². The average Bonchev–Trinajstić information content (AvgIpc) is 2.79. The summed E-state index contributed by atoms with van der Waals surface area (Å²) in [4.78, 5) is 13.8. The Hall–Kier alpha value is -3.44. The Morgan fingerprint density at radius 1 is 0.806 bits per heavy atom. The number of fused-ring (bicyclic) bond motifs is 1. The molecule has 0 aliphatic heterocycles.